The number of carboxylic acids is 1. The van der Waals surface area contributed by atoms with Gasteiger partial charge in [0.05, 0.1) is 28.5 Å². The average molecular weight is 494 g/mol. The highest BCUT2D eigenvalue weighted by Crippen LogP contribution is 2.37. The molecule has 0 fully saturated rings. The van der Waals surface area contributed by atoms with Crippen LogP contribution in [0.25, 0.3) is 16.9 Å². The summed E-state index contributed by atoms with van der Waals surface area (Å²) in [5.41, 5.74) is -0.521. The summed E-state index contributed by atoms with van der Waals surface area (Å²) in [5.74, 6) is -4.13. The van der Waals surface area contributed by atoms with E-state index in [-0.39, 0.29) is 33.2 Å². The zero-order chi connectivity index (χ0) is 24.8. The zero-order valence-electron chi connectivity index (χ0n) is 17.1. The topological polar surface area (TPSA) is 113 Å². The number of halogens is 4. The first-order valence-corrected chi connectivity index (χ1v) is 10.2. The van der Waals surface area contributed by atoms with Crippen LogP contribution < -0.4 is 0 Å². The molecule has 176 valence electrons. The quantitative estimate of drug-likeness (QED) is 0.516. The van der Waals surface area contributed by atoms with Crippen LogP contribution in [0.4, 0.5) is 18.0 Å². The molecule has 0 spiro atoms. The molecule has 2 aromatic carbocycles. The zero-order valence-corrected chi connectivity index (χ0v) is 17.8. The summed E-state index contributed by atoms with van der Waals surface area (Å²) < 4.78 is 40.5. The number of alkyl halides is 3. The molecular weight excluding hydrogens is 479 g/mol. The van der Waals surface area contributed by atoms with E-state index in [0.29, 0.717) is 0 Å². The van der Waals surface area contributed by atoms with Crippen molar-refractivity contribution in [2.75, 3.05) is 6.54 Å². The van der Waals surface area contributed by atoms with Gasteiger partial charge in [-0.15, -0.1) is 0 Å². The van der Waals surface area contributed by atoms with Crippen molar-refractivity contribution in [1.29, 1.82) is 0 Å². The van der Waals surface area contributed by atoms with Gasteiger partial charge in [-0.2, -0.15) is 18.3 Å². The first-order valence-electron chi connectivity index (χ1n) is 9.78. The Bertz CT molecular complexity index is 1300. The molecule has 2 N–H and O–H groups in total. The molecule has 2 heterocycles. The van der Waals surface area contributed by atoms with Crippen molar-refractivity contribution >= 4 is 29.4 Å². The number of fused-ring (bicyclic) bond motifs is 1. The van der Waals surface area contributed by atoms with Gasteiger partial charge in [-0.25, -0.2) is 9.48 Å². The van der Waals surface area contributed by atoms with Crippen LogP contribution in [0.2, 0.25) is 5.02 Å². The Morgan fingerprint density at radius 1 is 1.06 bits per heavy atom. The lowest BCUT2D eigenvalue weighted by molar-refractivity contribution is -0.140. The summed E-state index contributed by atoms with van der Waals surface area (Å²) in [6, 6.07) is 10.4. The highest BCUT2D eigenvalue weighted by molar-refractivity contribution is 6.32. The fourth-order valence-corrected chi connectivity index (χ4v) is 3.99. The summed E-state index contributed by atoms with van der Waals surface area (Å²) in [7, 11) is 0. The molecule has 0 saturated carbocycles. The van der Waals surface area contributed by atoms with E-state index in [2.05, 4.69) is 5.10 Å². The number of carbonyl (C=O) groups excluding carboxylic acids is 1. The number of aromatic nitrogens is 2. The van der Waals surface area contributed by atoms with Crippen molar-refractivity contribution in [3.05, 3.63) is 70.4 Å². The molecule has 8 nitrogen and oxygen atoms in total. The number of benzene rings is 2. The van der Waals surface area contributed by atoms with Gasteiger partial charge in [0.25, 0.3) is 0 Å². The van der Waals surface area contributed by atoms with E-state index in [0.717, 1.165) is 17.0 Å². The van der Waals surface area contributed by atoms with Gasteiger partial charge in [0.15, 0.2) is 5.78 Å². The SMILES string of the molecule is O=C(O)C1CN(C(=O)O)Cc2c(nn(-c3ccccc3Cl)c2-c2ccc(C(F)(F)F)cc2)C1=O. The fraction of sp³-hybridized carbons (Fsp3) is 0.182. The van der Waals surface area contributed by atoms with Gasteiger partial charge in [0, 0.05) is 17.7 Å². The second-order valence-electron chi connectivity index (χ2n) is 7.53. The summed E-state index contributed by atoms with van der Waals surface area (Å²) in [5, 5.41) is 23.6. The van der Waals surface area contributed by atoms with Crippen molar-refractivity contribution in [2.45, 2.75) is 12.7 Å². The van der Waals surface area contributed by atoms with Crippen LogP contribution in [-0.2, 0) is 17.5 Å². The standard InChI is InChI=1S/C22H15ClF3N3O5/c23-15-3-1-2-4-16(15)29-18(11-5-7-12(8-6-11)22(24,25)26)13-9-28(21(33)34)10-14(20(31)32)19(30)17(13)27-29/h1-8,14H,9-10H2,(H,31,32)(H,33,34). The molecule has 4 rings (SSSR count). The van der Waals surface area contributed by atoms with Gasteiger partial charge < -0.3 is 15.1 Å². The first kappa shape index (κ1) is 23.3. The number of para-hydroxylation sites is 1. The molecule has 1 aromatic heterocycles. The van der Waals surface area contributed by atoms with Gasteiger partial charge in [0.2, 0.25) is 0 Å². The minimum Gasteiger partial charge on any atom is -0.481 e. The molecule has 34 heavy (non-hydrogen) atoms. The molecule has 1 atom stereocenters. The maximum atomic E-state index is 13.1. The van der Waals surface area contributed by atoms with Crippen LogP contribution in [0.1, 0.15) is 21.6 Å². The highest BCUT2D eigenvalue weighted by atomic mass is 35.5. The lowest BCUT2D eigenvalue weighted by Gasteiger charge is -2.20. The minimum atomic E-state index is -4.58. The largest absolute Gasteiger partial charge is 0.481 e. The number of hydrogen-bond donors (Lipinski definition) is 2. The van der Waals surface area contributed by atoms with Crippen LogP contribution >= 0.6 is 11.6 Å². The Morgan fingerprint density at radius 2 is 1.71 bits per heavy atom. The van der Waals surface area contributed by atoms with Gasteiger partial charge in [-0.05, 0) is 24.3 Å². The lowest BCUT2D eigenvalue weighted by atomic mass is 9.98. The van der Waals surface area contributed by atoms with E-state index in [1.54, 1.807) is 18.2 Å². The Balaban J connectivity index is 2.00. The maximum absolute atomic E-state index is 13.1. The molecule has 12 heteroatoms. The van der Waals surface area contributed by atoms with Crippen LogP contribution in [-0.4, -0.2) is 49.3 Å². The highest BCUT2D eigenvalue weighted by Gasteiger charge is 2.40. The number of aliphatic carboxylic acids is 1. The van der Waals surface area contributed by atoms with E-state index in [1.165, 1.54) is 22.9 Å². The second-order valence-corrected chi connectivity index (χ2v) is 7.94. The van der Waals surface area contributed by atoms with Gasteiger partial charge in [-0.1, -0.05) is 35.9 Å². The van der Waals surface area contributed by atoms with Crippen molar-refractivity contribution in [3.63, 3.8) is 0 Å². The Hall–Kier alpha value is -3.86. The predicted molar refractivity (Wildman–Crippen MR) is 113 cm³/mol. The first-order chi connectivity index (χ1) is 16.0. The van der Waals surface area contributed by atoms with E-state index in [1.807, 2.05) is 0 Å². The molecule has 1 aliphatic heterocycles. The van der Waals surface area contributed by atoms with Crippen molar-refractivity contribution < 1.29 is 37.8 Å². The minimum absolute atomic E-state index is 0.0656. The van der Waals surface area contributed by atoms with E-state index >= 15 is 0 Å². The van der Waals surface area contributed by atoms with Crippen LogP contribution in [0.15, 0.2) is 48.5 Å². The maximum Gasteiger partial charge on any atom is 0.416 e. The third-order valence-electron chi connectivity index (χ3n) is 5.42. The predicted octanol–water partition coefficient (Wildman–Crippen LogP) is 4.59. The number of rotatable bonds is 3. The second kappa shape index (κ2) is 8.49. The van der Waals surface area contributed by atoms with E-state index in [9.17, 15) is 37.8 Å². The molecule has 0 saturated heterocycles. The molecular formula is C22H15ClF3N3O5. The van der Waals surface area contributed by atoms with Crippen molar-refractivity contribution in [3.8, 4) is 16.9 Å². The Kier molecular flexibility index (Phi) is 5.82. The summed E-state index contributed by atoms with van der Waals surface area (Å²) >= 11 is 6.30. The third kappa shape index (κ3) is 4.10. The average Bonchev–Trinajstić information content (AvgIpc) is 3.07. The summed E-state index contributed by atoms with van der Waals surface area (Å²) in [6.45, 7) is -1.00. The summed E-state index contributed by atoms with van der Waals surface area (Å²) in [6.07, 6.45) is -6.04. The van der Waals surface area contributed by atoms with Crippen molar-refractivity contribution in [1.82, 2.24) is 14.7 Å². The normalized spacial score (nSPS) is 16.2. The van der Waals surface area contributed by atoms with E-state index in [4.69, 9.17) is 11.6 Å². The molecule has 0 aliphatic carbocycles. The smallest absolute Gasteiger partial charge is 0.416 e. The van der Waals surface area contributed by atoms with Crippen LogP contribution in [0.3, 0.4) is 0 Å². The number of amides is 1. The monoisotopic (exact) mass is 493 g/mol. The number of nitrogens with zero attached hydrogens (tertiary/aromatic N) is 3. The molecule has 1 unspecified atom stereocenters. The fourth-order valence-electron chi connectivity index (χ4n) is 3.77. The van der Waals surface area contributed by atoms with Gasteiger partial charge in [0.1, 0.15) is 11.6 Å². The van der Waals surface area contributed by atoms with Gasteiger partial charge >= 0.3 is 18.2 Å². The Labute approximate surface area is 194 Å². The molecule has 1 aliphatic rings. The lowest BCUT2D eigenvalue weighted by Crippen LogP contribution is -2.37. The molecule has 0 bridgehead atoms. The number of Topliss-reactive ketones (excluding diaryl/α,β-unsaturated/α-hetero) is 1. The Morgan fingerprint density at radius 3 is 2.26 bits per heavy atom. The number of carbonyl (C=O) groups is 3. The van der Waals surface area contributed by atoms with Gasteiger partial charge in [-0.3, -0.25) is 9.59 Å². The molecule has 3 aromatic rings. The van der Waals surface area contributed by atoms with Crippen LogP contribution in [0, 0.1) is 5.92 Å². The number of hydrogen-bond acceptors (Lipinski definition) is 4. The third-order valence-corrected chi connectivity index (χ3v) is 5.74. The summed E-state index contributed by atoms with van der Waals surface area (Å²) in [4.78, 5) is 37.3. The van der Waals surface area contributed by atoms with Crippen LogP contribution in [0.5, 0.6) is 0 Å². The van der Waals surface area contributed by atoms with Crippen molar-refractivity contribution in [2.24, 2.45) is 5.92 Å². The molecule has 1 amide bonds. The number of carboxylic acid groups (broad SMARTS) is 2. The van der Waals surface area contributed by atoms with E-state index < -0.39 is 48.6 Å². The number of ketones is 1. The molecule has 0 radical (unpaired) electrons.